The average Bonchev–Trinajstić information content (AvgIpc) is 3.51. The Morgan fingerprint density at radius 1 is 1.12 bits per heavy atom. The summed E-state index contributed by atoms with van der Waals surface area (Å²) in [6.45, 7) is 1.04. The van der Waals surface area contributed by atoms with Gasteiger partial charge in [-0.25, -0.2) is 9.78 Å². The standard InChI is InChI=1S/C21H25N3O2/c25-21(26-15-16-7-2-1-3-8-16)24-14-5-4-10-19(24)18-9-6-13-22-20(18)23-17-11-12-17/h1-3,6-9,13,17,19H,4-5,10-12,14-15H2,(H,22,23)/t19-/m1/s1. The number of carbonyl (C=O) groups is 1. The van der Waals surface area contributed by atoms with E-state index in [0.29, 0.717) is 12.6 Å². The fraction of sp³-hybridized carbons (Fsp3) is 0.429. The molecule has 2 fully saturated rings. The van der Waals surface area contributed by atoms with E-state index in [9.17, 15) is 4.79 Å². The number of nitrogens with zero attached hydrogens (tertiary/aromatic N) is 2. The van der Waals surface area contributed by atoms with Gasteiger partial charge in [-0.3, -0.25) is 0 Å². The van der Waals surface area contributed by atoms with Crippen molar-refractivity contribution in [3.8, 4) is 0 Å². The zero-order valence-electron chi connectivity index (χ0n) is 14.9. The molecule has 4 rings (SSSR count). The molecule has 26 heavy (non-hydrogen) atoms. The van der Waals surface area contributed by atoms with Crippen molar-refractivity contribution in [3.05, 3.63) is 59.8 Å². The van der Waals surface area contributed by atoms with Crippen LogP contribution in [0.25, 0.3) is 0 Å². The molecule has 2 aromatic rings. The van der Waals surface area contributed by atoms with E-state index in [-0.39, 0.29) is 12.1 Å². The number of carbonyl (C=O) groups excluding carboxylic acids is 1. The number of aromatic nitrogens is 1. The van der Waals surface area contributed by atoms with Crippen LogP contribution in [0.2, 0.25) is 0 Å². The van der Waals surface area contributed by atoms with E-state index in [2.05, 4.69) is 16.4 Å². The minimum atomic E-state index is -0.236. The predicted molar refractivity (Wildman–Crippen MR) is 101 cm³/mol. The fourth-order valence-corrected chi connectivity index (χ4v) is 3.50. The fourth-order valence-electron chi connectivity index (χ4n) is 3.50. The maximum absolute atomic E-state index is 12.8. The van der Waals surface area contributed by atoms with Gasteiger partial charge in [0, 0.05) is 24.3 Å². The summed E-state index contributed by atoms with van der Waals surface area (Å²) in [5.41, 5.74) is 2.11. The summed E-state index contributed by atoms with van der Waals surface area (Å²) in [6, 6.07) is 14.4. The summed E-state index contributed by atoms with van der Waals surface area (Å²) < 4.78 is 5.60. The minimum Gasteiger partial charge on any atom is -0.445 e. The summed E-state index contributed by atoms with van der Waals surface area (Å²) in [6.07, 6.45) is 7.06. The van der Waals surface area contributed by atoms with Crippen molar-refractivity contribution in [2.45, 2.75) is 50.8 Å². The molecule has 1 aromatic carbocycles. The van der Waals surface area contributed by atoms with Crippen LogP contribution in [0.5, 0.6) is 0 Å². The van der Waals surface area contributed by atoms with E-state index in [1.54, 1.807) is 0 Å². The molecule has 1 aliphatic carbocycles. The Morgan fingerprint density at radius 3 is 2.77 bits per heavy atom. The molecule has 136 valence electrons. The lowest BCUT2D eigenvalue weighted by atomic mass is 9.96. The van der Waals surface area contributed by atoms with E-state index in [4.69, 9.17) is 4.74 Å². The molecule has 1 saturated heterocycles. The molecule has 1 saturated carbocycles. The van der Waals surface area contributed by atoms with Gasteiger partial charge in [0.2, 0.25) is 0 Å². The topological polar surface area (TPSA) is 54.5 Å². The highest BCUT2D eigenvalue weighted by Crippen LogP contribution is 2.36. The zero-order valence-corrected chi connectivity index (χ0v) is 14.9. The van der Waals surface area contributed by atoms with Crippen LogP contribution in [0.4, 0.5) is 10.6 Å². The molecule has 0 unspecified atom stereocenters. The number of hydrogen-bond donors (Lipinski definition) is 1. The van der Waals surface area contributed by atoms with Gasteiger partial charge in [0.05, 0.1) is 6.04 Å². The lowest BCUT2D eigenvalue weighted by molar-refractivity contribution is 0.0680. The molecule has 5 nitrogen and oxygen atoms in total. The Morgan fingerprint density at radius 2 is 1.96 bits per heavy atom. The Hall–Kier alpha value is -2.56. The molecule has 1 aromatic heterocycles. The molecular weight excluding hydrogens is 326 g/mol. The smallest absolute Gasteiger partial charge is 0.410 e. The van der Waals surface area contributed by atoms with Gasteiger partial charge in [-0.2, -0.15) is 0 Å². The highest BCUT2D eigenvalue weighted by molar-refractivity contribution is 5.69. The largest absolute Gasteiger partial charge is 0.445 e. The van der Waals surface area contributed by atoms with Gasteiger partial charge >= 0.3 is 6.09 Å². The summed E-state index contributed by atoms with van der Waals surface area (Å²) in [5.74, 6) is 0.919. The third kappa shape index (κ3) is 3.98. The van der Waals surface area contributed by atoms with Gasteiger partial charge in [0.15, 0.2) is 0 Å². The van der Waals surface area contributed by atoms with Crippen LogP contribution < -0.4 is 5.32 Å². The molecule has 0 bridgehead atoms. The van der Waals surface area contributed by atoms with Crippen molar-refractivity contribution in [2.24, 2.45) is 0 Å². The number of hydrogen-bond acceptors (Lipinski definition) is 4. The van der Waals surface area contributed by atoms with Gasteiger partial charge in [0.1, 0.15) is 12.4 Å². The Bertz CT molecular complexity index is 746. The van der Waals surface area contributed by atoms with Crippen LogP contribution >= 0.6 is 0 Å². The van der Waals surface area contributed by atoms with E-state index in [1.165, 1.54) is 12.8 Å². The first-order valence-corrected chi connectivity index (χ1v) is 9.50. The molecule has 0 spiro atoms. The van der Waals surface area contributed by atoms with E-state index < -0.39 is 0 Å². The molecule has 5 heteroatoms. The monoisotopic (exact) mass is 351 g/mol. The first-order valence-electron chi connectivity index (χ1n) is 9.50. The van der Waals surface area contributed by atoms with Gasteiger partial charge in [-0.15, -0.1) is 0 Å². The van der Waals surface area contributed by atoms with E-state index in [0.717, 1.165) is 42.8 Å². The lowest BCUT2D eigenvalue weighted by Crippen LogP contribution is -2.39. The highest BCUT2D eigenvalue weighted by atomic mass is 16.6. The Kier molecular flexibility index (Phi) is 5.04. The number of rotatable bonds is 5. The maximum Gasteiger partial charge on any atom is 0.410 e. The quantitative estimate of drug-likeness (QED) is 0.860. The van der Waals surface area contributed by atoms with Crippen molar-refractivity contribution in [1.82, 2.24) is 9.88 Å². The number of benzene rings is 1. The van der Waals surface area contributed by atoms with Crippen LogP contribution in [0.3, 0.4) is 0 Å². The average molecular weight is 351 g/mol. The third-order valence-corrected chi connectivity index (χ3v) is 5.06. The first-order chi connectivity index (χ1) is 12.8. The highest BCUT2D eigenvalue weighted by Gasteiger charge is 2.32. The van der Waals surface area contributed by atoms with Crippen LogP contribution in [0.15, 0.2) is 48.7 Å². The SMILES string of the molecule is O=C(OCc1ccccc1)N1CCCC[C@@H]1c1cccnc1NC1CC1. The van der Waals surface area contributed by atoms with Crippen LogP contribution in [0.1, 0.15) is 49.3 Å². The van der Waals surface area contributed by atoms with E-state index >= 15 is 0 Å². The first kappa shape index (κ1) is 16.9. The van der Waals surface area contributed by atoms with Gasteiger partial charge in [-0.1, -0.05) is 36.4 Å². The van der Waals surface area contributed by atoms with Crippen LogP contribution in [-0.4, -0.2) is 28.6 Å². The molecule has 2 heterocycles. The minimum absolute atomic E-state index is 0.0296. The van der Waals surface area contributed by atoms with Crippen molar-refractivity contribution < 1.29 is 9.53 Å². The number of piperidine rings is 1. The summed E-state index contributed by atoms with van der Waals surface area (Å²) in [4.78, 5) is 19.2. The summed E-state index contributed by atoms with van der Waals surface area (Å²) in [7, 11) is 0. The third-order valence-electron chi connectivity index (χ3n) is 5.06. The second-order valence-corrected chi connectivity index (χ2v) is 7.11. The number of nitrogens with one attached hydrogen (secondary N) is 1. The molecule has 0 radical (unpaired) electrons. The van der Waals surface area contributed by atoms with Gasteiger partial charge in [-0.05, 0) is 43.7 Å². The Balaban J connectivity index is 1.48. The van der Waals surface area contributed by atoms with Crippen molar-refractivity contribution in [3.63, 3.8) is 0 Å². The normalized spacial score (nSPS) is 19.8. The summed E-state index contributed by atoms with van der Waals surface area (Å²) in [5, 5.41) is 3.51. The second kappa shape index (κ2) is 7.77. The predicted octanol–water partition coefficient (Wildman–Crippen LogP) is 4.52. The maximum atomic E-state index is 12.8. The molecule has 1 N–H and O–H groups in total. The molecule has 1 aliphatic heterocycles. The number of likely N-dealkylation sites (tertiary alicyclic amines) is 1. The number of ether oxygens (including phenoxy) is 1. The number of anilines is 1. The van der Waals surface area contributed by atoms with Crippen molar-refractivity contribution >= 4 is 11.9 Å². The van der Waals surface area contributed by atoms with Crippen LogP contribution in [0, 0.1) is 0 Å². The van der Waals surface area contributed by atoms with Crippen molar-refractivity contribution in [2.75, 3.05) is 11.9 Å². The number of pyridine rings is 1. The lowest BCUT2D eigenvalue weighted by Gasteiger charge is -2.35. The van der Waals surface area contributed by atoms with Gasteiger partial charge < -0.3 is 15.0 Å². The molecular formula is C21H25N3O2. The van der Waals surface area contributed by atoms with Crippen LogP contribution in [-0.2, 0) is 11.3 Å². The van der Waals surface area contributed by atoms with Crippen molar-refractivity contribution in [1.29, 1.82) is 0 Å². The molecule has 2 aliphatic rings. The van der Waals surface area contributed by atoms with E-state index in [1.807, 2.05) is 47.5 Å². The second-order valence-electron chi connectivity index (χ2n) is 7.11. The number of amides is 1. The molecule has 1 amide bonds. The molecule has 1 atom stereocenters. The zero-order chi connectivity index (χ0) is 17.8. The summed E-state index contributed by atoms with van der Waals surface area (Å²) >= 11 is 0. The Labute approximate surface area is 154 Å². The van der Waals surface area contributed by atoms with Gasteiger partial charge in [0.25, 0.3) is 0 Å².